The highest BCUT2D eigenvalue weighted by atomic mass is 14.7. The van der Waals surface area contributed by atoms with Gasteiger partial charge in [0.05, 0.1) is 0 Å². The highest BCUT2D eigenvalue weighted by molar-refractivity contribution is 5.11. The van der Waals surface area contributed by atoms with Crippen LogP contribution in [0.3, 0.4) is 0 Å². The standard InChI is InChI=1S/C22H38/c1-15-8-12-22(5)16(13-15)14-20(2,3)19-17-7-6-10-21(17,4)11-9-18(19)22/h15-19H,6-14H2,1-5H3. The Morgan fingerprint density at radius 2 is 1.59 bits per heavy atom. The van der Waals surface area contributed by atoms with Gasteiger partial charge in [-0.2, -0.15) is 0 Å². The predicted molar refractivity (Wildman–Crippen MR) is 94.7 cm³/mol. The van der Waals surface area contributed by atoms with Gasteiger partial charge in [-0.25, -0.2) is 0 Å². The second-order valence-corrected chi connectivity index (χ2v) is 11.1. The molecular weight excluding hydrogens is 264 g/mol. The van der Waals surface area contributed by atoms with Crippen LogP contribution in [0.25, 0.3) is 0 Å². The van der Waals surface area contributed by atoms with E-state index in [4.69, 9.17) is 0 Å². The van der Waals surface area contributed by atoms with Crippen LogP contribution in [-0.2, 0) is 0 Å². The Morgan fingerprint density at radius 3 is 2.36 bits per heavy atom. The first-order valence-electron chi connectivity index (χ1n) is 10.3. The second-order valence-electron chi connectivity index (χ2n) is 11.1. The molecular formula is C22H38. The third-order valence-electron chi connectivity index (χ3n) is 9.37. The molecule has 0 bridgehead atoms. The lowest BCUT2D eigenvalue weighted by Crippen LogP contribution is -2.58. The van der Waals surface area contributed by atoms with Gasteiger partial charge in [-0.1, -0.05) is 47.5 Å². The molecule has 4 aliphatic rings. The molecule has 4 rings (SSSR count). The van der Waals surface area contributed by atoms with E-state index in [9.17, 15) is 0 Å². The lowest BCUT2D eigenvalue weighted by molar-refractivity contribution is -0.165. The third-order valence-corrected chi connectivity index (χ3v) is 9.37. The van der Waals surface area contributed by atoms with Crippen molar-refractivity contribution in [3.63, 3.8) is 0 Å². The van der Waals surface area contributed by atoms with Gasteiger partial charge in [0.1, 0.15) is 0 Å². The smallest absolute Gasteiger partial charge is 0.0266 e. The molecule has 0 heterocycles. The van der Waals surface area contributed by atoms with Crippen molar-refractivity contribution in [1.29, 1.82) is 0 Å². The van der Waals surface area contributed by atoms with Gasteiger partial charge in [0.2, 0.25) is 0 Å². The van der Waals surface area contributed by atoms with E-state index in [2.05, 4.69) is 34.6 Å². The van der Waals surface area contributed by atoms with E-state index in [-0.39, 0.29) is 0 Å². The summed E-state index contributed by atoms with van der Waals surface area (Å²) in [5.74, 6) is 5.08. The van der Waals surface area contributed by atoms with Crippen molar-refractivity contribution in [2.75, 3.05) is 0 Å². The minimum atomic E-state index is 0.586. The van der Waals surface area contributed by atoms with Crippen LogP contribution in [-0.4, -0.2) is 0 Å². The van der Waals surface area contributed by atoms with Crippen molar-refractivity contribution in [3.8, 4) is 0 Å². The van der Waals surface area contributed by atoms with Gasteiger partial charge in [0.15, 0.2) is 0 Å². The normalized spacial score (nSPS) is 56.9. The second kappa shape index (κ2) is 4.76. The van der Waals surface area contributed by atoms with E-state index in [1.54, 1.807) is 6.42 Å². The molecule has 7 unspecified atom stereocenters. The molecule has 4 aliphatic carbocycles. The van der Waals surface area contributed by atoms with Gasteiger partial charge >= 0.3 is 0 Å². The summed E-state index contributed by atoms with van der Waals surface area (Å²) in [6.07, 6.45) is 13.7. The van der Waals surface area contributed by atoms with Gasteiger partial charge < -0.3 is 0 Å². The largest absolute Gasteiger partial charge is 0.0625 e. The highest BCUT2D eigenvalue weighted by Crippen LogP contribution is 2.70. The summed E-state index contributed by atoms with van der Waals surface area (Å²) in [5.41, 5.74) is 1.96. The van der Waals surface area contributed by atoms with E-state index in [1.165, 1.54) is 51.4 Å². The third kappa shape index (κ3) is 2.01. The number of hydrogen-bond donors (Lipinski definition) is 0. The molecule has 0 heteroatoms. The molecule has 0 N–H and O–H groups in total. The van der Waals surface area contributed by atoms with Gasteiger partial charge in [-0.3, -0.25) is 0 Å². The number of hydrogen-bond acceptors (Lipinski definition) is 0. The van der Waals surface area contributed by atoms with Gasteiger partial charge in [0, 0.05) is 0 Å². The monoisotopic (exact) mass is 302 g/mol. The summed E-state index contributed by atoms with van der Waals surface area (Å²) in [6, 6.07) is 0. The Balaban J connectivity index is 1.72. The molecule has 4 fully saturated rings. The molecule has 126 valence electrons. The van der Waals surface area contributed by atoms with Crippen molar-refractivity contribution in [2.45, 2.75) is 92.4 Å². The first-order valence-corrected chi connectivity index (χ1v) is 10.3. The molecule has 7 atom stereocenters. The van der Waals surface area contributed by atoms with Crippen LogP contribution in [0.5, 0.6) is 0 Å². The Kier molecular flexibility index (Phi) is 3.36. The SMILES string of the molecule is CC1CCC2(C)C(C1)CC(C)(C)C1C3CCCC3(C)CCC12. The lowest BCUT2D eigenvalue weighted by Gasteiger charge is -2.65. The topological polar surface area (TPSA) is 0 Å². The summed E-state index contributed by atoms with van der Waals surface area (Å²) in [4.78, 5) is 0. The molecule has 0 saturated heterocycles. The van der Waals surface area contributed by atoms with Crippen molar-refractivity contribution >= 4 is 0 Å². The van der Waals surface area contributed by atoms with Crippen LogP contribution in [0.15, 0.2) is 0 Å². The Labute approximate surface area is 138 Å². The van der Waals surface area contributed by atoms with E-state index in [1.807, 2.05) is 0 Å². The Bertz CT molecular complexity index is 449. The molecule has 0 amide bonds. The molecule has 0 radical (unpaired) electrons. The van der Waals surface area contributed by atoms with Crippen LogP contribution < -0.4 is 0 Å². The molecule has 0 spiro atoms. The molecule has 0 aliphatic heterocycles. The highest BCUT2D eigenvalue weighted by Gasteiger charge is 2.62. The van der Waals surface area contributed by atoms with Gasteiger partial charge in [0.25, 0.3) is 0 Å². The average molecular weight is 303 g/mol. The summed E-state index contributed by atoms with van der Waals surface area (Å²) < 4.78 is 0. The fourth-order valence-corrected chi connectivity index (χ4v) is 8.17. The fourth-order valence-electron chi connectivity index (χ4n) is 8.17. The quantitative estimate of drug-likeness (QED) is 0.467. The molecule has 0 aromatic rings. The summed E-state index contributed by atoms with van der Waals surface area (Å²) >= 11 is 0. The Morgan fingerprint density at radius 1 is 0.818 bits per heavy atom. The van der Waals surface area contributed by atoms with E-state index >= 15 is 0 Å². The fraction of sp³-hybridized carbons (Fsp3) is 1.00. The maximum absolute atomic E-state index is 2.72. The van der Waals surface area contributed by atoms with Crippen molar-refractivity contribution in [1.82, 2.24) is 0 Å². The lowest BCUT2D eigenvalue weighted by atomic mass is 9.39. The molecule has 22 heavy (non-hydrogen) atoms. The van der Waals surface area contributed by atoms with E-state index in [0.717, 1.165) is 29.6 Å². The summed E-state index contributed by atoms with van der Waals surface area (Å²) in [7, 11) is 0. The van der Waals surface area contributed by atoms with E-state index < -0.39 is 0 Å². The van der Waals surface area contributed by atoms with Crippen molar-refractivity contribution in [3.05, 3.63) is 0 Å². The summed E-state index contributed by atoms with van der Waals surface area (Å²) in [5, 5.41) is 0. The van der Waals surface area contributed by atoms with E-state index in [0.29, 0.717) is 16.2 Å². The number of fused-ring (bicyclic) bond motifs is 5. The maximum atomic E-state index is 2.72. The first kappa shape index (κ1) is 15.5. The number of rotatable bonds is 0. The van der Waals surface area contributed by atoms with Crippen LogP contribution in [0.1, 0.15) is 92.4 Å². The van der Waals surface area contributed by atoms with Crippen LogP contribution in [0.4, 0.5) is 0 Å². The Hall–Kier alpha value is 0. The van der Waals surface area contributed by atoms with Crippen molar-refractivity contribution < 1.29 is 0 Å². The molecule has 0 aromatic carbocycles. The van der Waals surface area contributed by atoms with Gasteiger partial charge in [-0.05, 0) is 90.8 Å². The van der Waals surface area contributed by atoms with Crippen LogP contribution in [0, 0.1) is 45.8 Å². The van der Waals surface area contributed by atoms with Gasteiger partial charge in [-0.15, -0.1) is 0 Å². The maximum Gasteiger partial charge on any atom is -0.0266 e. The van der Waals surface area contributed by atoms with Crippen molar-refractivity contribution in [2.24, 2.45) is 45.8 Å². The first-order chi connectivity index (χ1) is 10.3. The minimum absolute atomic E-state index is 0.586. The molecule has 0 nitrogen and oxygen atoms in total. The minimum Gasteiger partial charge on any atom is -0.0625 e. The predicted octanol–water partition coefficient (Wildman–Crippen LogP) is 6.69. The van der Waals surface area contributed by atoms with Crippen LogP contribution in [0.2, 0.25) is 0 Å². The molecule has 4 saturated carbocycles. The zero-order chi connectivity index (χ0) is 15.8. The van der Waals surface area contributed by atoms with Crippen LogP contribution >= 0.6 is 0 Å². The molecule has 0 aromatic heterocycles. The zero-order valence-corrected chi connectivity index (χ0v) is 15.8. The summed E-state index contributed by atoms with van der Waals surface area (Å²) in [6.45, 7) is 13.2. The zero-order valence-electron chi connectivity index (χ0n) is 15.8. The average Bonchev–Trinajstić information content (AvgIpc) is 2.82.